The van der Waals surface area contributed by atoms with Gasteiger partial charge in [-0.3, -0.25) is 4.79 Å². The lowest BCUT2D eigenvalue weighted by Crippen LogP contribution is -2.47. The Kier molecular flexibility index (Phi) is 9.84. The molecule has 0 saturated carbocycles. The number of amides is 1. The Morgan fingerprint density at radius 1 is 1.33 bits per heavy atom. The number of carboxylic acid groups (broad SMARTS) is 1. The average molecular weight is 301 g/mol. The van der Waals surface area contributed by atoms with Crippen molar-refractivity contribution in [1.82, 2.24) is 4.90 Å². The average Bonchev–Trinajstić information content (AvgIpc) is 2.43. The van der Waals surface area contributed by atoms with Gasteiger partial charge >= 0.3 is 12.1 Å². The predicted molar refractivity (Wildman–Crippen MR) is 83.3 cm³/mol. The van der Waals surface area contributed by atoms with Crippen LogP contribution in [0.5, 0.6) is 0 Å². The third kappa shape index (κ3) is 7.93. The van der Waals surface area contributed by atoms with Crippen LogP contribution in [0.15, 0.2) is 0 Å². The zero-order valence-corrected chi connectivity index (χ0v) is 14.1. The number of hydrogen-bond donors (Lipinski definition) is 1. The Balaban J connectivity index is 0.000000885. The van der Waals surface area contributed by atoms with Crippen molar-refractivity contribution in [3.05, 3.63) is 0 Å². The van der Waals surface area contributed by atoms with E-state index in [0.717, 1.165) is 25.2 Å². The van der Waals surface area contributed by atoms with Crippen molar-refractivity contribution in [3.8, 4) is 0 Å². The number of nitrogens with zero attached hydrogens (tertiary/aromatic N) is 1. The summed E-state index contributed by atoms with van der Waals surface area (Å²) in [6, 6.07) is -0.0368. The first-order chi connectivity index (χ1) is 9.83. The fraction of sp³-hybridized carbons (Fsp3) is 0.875. The summed E-state index contributed by atoms with van der Waals surface area (Å²) >= 11 is 0. The van der Waals surface area contributed by atoms with Crippen molar-refractivity contribution in [1.29, 1.82) is 0 Å². The molecule has 0 radical (unpaired) electrons. The minimum Gasteiger partial charge on any atom is -0.469 e. The zero-order valence-electron chi connectivity index (χ0n) is 14.1. The van der Waals surface area contributed by atoms with Gasteiger partial charge in [0.15, 0.2) is 0 Å². The minimum absolute atomic E-state index is 0.0368. The monoisotopic (exact) mass is 301 g/mol. The first kappa shape index (κ1) is 19.7. The highest BCUT2D eigenvalue weighted by molar-refractivity contribution is 5.73. The fourth-order valence-corrected chi connectivity index (χ4v) is 2.40. The summed E-state index contributed by atoms with van der Waals surface area (Å²) in [7, 11) is 1.38. The fourth-order valence-electron chi connectivity index (χ4n) is 2.40. The molecule has 1 unspecified atom stereocenters. The van der Waals surface area contributed by atoms with Gasteiger partial charge < -0.3 is 14.7 Å². The molecule has 1 saturated heterocycles. The van der Waals surface area contributed by atoms with Crippen molar-refractivity contribution < 1.29 is 19.4 Å². The van der Waals surface area contributed by atoms with Crippen LogP contribution < -0.4 is 0 Å². The van der Waals surface area contributed by atoms with E-state index in [1.54, 1.807) is 0 Å². The predicted octanol–water partition coefficient (Wildman–Crippen LogP) is 3.77. The molecule has 1 fully saturated rings. The van der Waals surface area contributed by atoms with Gasteiger partial charge in [-0.05, 0) is 25.2 Å². The van der Waals surface area contributed by atoms with Gasteiger partial charge in [-0.2, -0.15) is 0 Å². The van der Waals surface area contributed by atoms with E-state index < -0.39 is 6.09 Å². The maximum absolute atomic E-state index is 11.5. The molecular weight excluding hydrogens is 270 g/mol. The van der Waals surface area contributed by atoms with Crippen molar-refractivity contribution in [2.24, 2.45) is 11.8 Å². The van der Waals surface area contributed by atoms with Gasteiger partial charge in [0, 0.05) is 12.6 Å². The number of piperidine rings is 1. The lowest BCUT2D eigenvalue weighted by molar-refractivity contribution is -0.147. The Hall–Kier alpha value is -1.26. The molecule has 124 valence electrons. The molecule has 1 heterocycles. The molecule has 5 nitrogen and oxygen atoms in total. The second kappa shape index (κ2) is 10.5. The molecule has 1 aliphatic heterocycles. The van der Waals surface area contributed by atoms with Crippen molar-refractivity contribution in [3.63, 3.8) is 0 Å². The molecule has 0 aromatic carbocycles. The van der Waals surface area contributed by atoms with Gasteiger partial charge in [0.25, 0.3) is 0 Å². The van der Waals surface area contributed by atoms with Crippen molar-refractivity contribution in [2.45, 2.75) is 65.8 Å². The number of carbonyl (C=O) groups is 2. The molecule has 0 aromatic rings. The molecule has 21 heavy (non-hydrogen) atoms. The van der Waals surface area contributed by atoms with Crippen LogP contribution in [-0.4, -0.2) is 41.8 Å². The van der Waals surface area contributed by atoms with E-state index in [1.165, 1.54) is 12.0 Å². The van der Waals surface area contributed by atoms with E-state index in [4.69, 9.17) is 9.84 Å². The molecule has 5 heteroatoms. The Bertz CT molecular complexity index is 315. The molecule has 0 aromatic heterocycles. The topological polar surface area (TPSA) is 66.8 Å². The van der Waals surface area contributed by atoms with E-state index in [1.807, 2.05) is 0 Å². The standard InChI is InChI=1S/C12H21NO4.C4H10/c1-3-4-5-10-8-9(11(14)17-2)6-7-13(10)12(15)16;1-4(2)3/h9-10H,3-8H2,1-2H3,(H,15,16);4H,1-3H3/t9?,10-;/m0./s1. The molecule has 1 N–H and O–H groups in total. The number of esters is 1. The Morgan fingerprint density at radius 2 is 1.90 bits per heavy atom. The molecule has 1 rings (SSSR count). The van der Waals surface area contributed by atoms with E-state index >= 15 is 0 Å². The molecule has 2 atom stereocenters. The summed E-state index contributed by atoms with van der Waals surface area (Å²) < 4.78 is 4.73. The molecule has 0 bridgehead atoms. The summed E-state index contributed by atoms with van der Waals surface area (Å²) in [5, 5.41) is 9.10. The lowest BCUT2D eigenvalue weighted by Gasteiger charge is -2.36. The van der Waals surface area contributed by atoms with Crippen molar-refractivity contribution in [2.75, 3.05) is 13.7 Å². The highest BCUT2D eigenvalue weighted by Gasteiger charge is 2.34. The highest BCUT2D eigenvalue weighted by Crippen LogP contribution is 2.27. The number of carbonyl (C=O) groups excluding carboxylic acids is 1. The quantitative estimate of drug-likeness (QED) is 0.803. The number of rotatable bonds is 4. The number of methoxy groups -OCH3 is 1. The molecule has 1 aliphatic rings. The van der Waals surface area contributed by atoms with Crippen LogP contribution >= 0.6 is 0 Å². The van der Waals surface area contributed by atoms with E-state index in [0.29, 0.717) is 19.4 Å². The lowest BCUT2D eigenvalue weighted by atomic mass is 9.88. The third-order valence-electron chi connectivity index (χ3n) is 3.39. The normalized spacial score (nSPS) is 21.5. The second-order valence-corrected chi connectivity index (χ2v) is 6.25. The van der Waals surface area contributed by atoms with Gasteiger partial charge in [-0.15, -0.1) is 0 Å². The van der Waals surface area contributed by atoms with Crippen LogP contribution in [-0.2, 0) is 9.53 Å². The van der Waals surface area contributed by atoms with Crippen LogP contribution in [0.4, 0.5) is 4.79 Å². The number of unbranched alkanes of at least 4 members (excludes halogenated alkanes) is 1. The van der Waals surface area contributed by atoms with Crippen LogP contribution in [0.2, 0.25) is 0 Å². The van der Waals surface area contributed by atoms with Gasteiger partial charge in [-0.25, -0.2) is 4.79 Å². The molecule has 0 spiro atoms. The summed E-state index contributed by atoms with van der Waals surface area (Å²) in [4.78, 5) is 24.0. The van der Waals surface area contributed by atoms with Gasteiger partial charge in [0.05, 0.1) is 13.0 Å². The summed E-state index contributed by atoms with van der Waals surface area (Å²) in [5.41, 5.74) is 0. The number of ether oxygens (including phenoxy) is 1. The SMILES string of the molecule is CC(C)C.CCCC[C@H]1CC(C(=O)OC)CCN1C(=O)O. The van der Waals surface area contributed by atoms with Crippen molar-refractivity contribution >= 4 is 12.1 Å². The second-order valence-electron chi connectivity index (χ2n) is 6.25. The van der Waals surface area contributed by atoms with E-state index in [2.05, 4.69) is 27.7 Å². The molecule has 0 aliphatic carbocycles. The summed E-state index contributed by atoms with van der Waals surface area (Å²) in [5.74, 6) is 0.481. The maximum Gasteiger partial charge on any atom is 0.407 e. The first-order valence-electron chi connectivity index (χ1n) is 7.90. The van der Waals surface area contributed by atoms with Crippen LogP contribution in [0.25, 0.3) is 0 Å². The highest BCUT2D eigenvalue weighted by atomic mass is 16.5. The number of hydrogen-bond acceptors (Lipinski definition) is 3. The first-order valence-corrected chi connectivity index (χ1v) is 7.90. The van der Waals surface area contributed by atoms with Gasteiger partial charge in [0.1, 0.15) is 0 Å². The zero-order chi connectivity index (χ0) is 16.4. The largest absolute Gasteiger partial charge is 0.469 e. The number of likely N-dealkylation sites (tertiary alicyclic amines) is 1. The van der Waals surface area contributed by atoms with Crippen LogP contribution in [0.3, 0.4) is 0 Å². The maximum atomic E-state index is 11.5. The van der Waals surface area contributed by atoms with Gasteiger partial charge in [-0.1, -0.05) is 40.5 Å². The van der Waals surface area contributed by atoms with E-state index in [9.17, 15) is 9.59 Å². The smallest absolute Gasteiger partial charge is 0.407 e. The van der Waals surface area contributed by atoms with Crippen LogP contribution in [0, 0.1) is 11.8 Å². The third-order valence-corrected chi connectivity index (χ3v) is 3.39. The Labute approximate surface area is 128 Å². The molecular formula is C16H31NO4. The molecule has 1 amide bonds. The van der Waals surface area contributed by atoms with Crippen LogP contribution in [0.1, 0.15) is 59.8 Å². The minimum atomic E-state index is -0.880. The van der Waals surface area contributed by atoms with Gasteiger partial charge in [0.2, 0.25) is 0 Å². The summed E-state index contributed by atoms with van der Waals surface area (Å²) in [6.07, 6.45) is 3.14. The summed E-state index contributed by atoms with van der Waals surface area (Å²) in [6.45, 7) is 9.01. The Morgan fingerprint density at radius 3 is 2.33 bits per heavy atom. The van der Waals surface area contributed by atoms with E-state index in [-0.39, 0.29) is 17.9 Å².